The molecule has 2 atom stereocenters. The van der Waals surface area contributed by atoms with Gasteiger partial charge in [-0.2, -0.15) is 0 Å². The van der Waals surface area contributed by atoms with E-state index in [-0.39, 0.29) is 32.1 Å². The number of benzene rings is 1. The number of hydrogen-bond donors (Lipinski definition) is 4. The van der Waals surface area contributed by atoms with Crippen LogP contribution in [-0.2, 0) is 39.2 Å². The van der Waals surface area contributed by atoms with Gasteiger partial charge in [0, 0.05) is 26.2 Å². The lowest BCUT2D eigenvalue weighted by Crippen LogP contribution is -2.46. The van der Waals surface area contributed by atoms with Gasteiger partial charge in [0.15, 0.2) is 5.37 Å². The fourth-order valence-corrected chi connectivity index (χ4v) is 4.38. The molecule has 0 bridgehead atoms. The van der Waals surface area contributed by atoms with E-state index < -0.39 is 27.3 Å². The van der Waals surface area contributed by atoms with Crippen LogP contribution in [0.25, 0.3) is 0 Å². The Kier molecular flexibility index (Phi) is 6.78. The first kappa shape index (κ1) is 20.1. The minimum Gasteiger partial charge on any atom is -0.466 e. The maximum absolute atomic E-state index is 12.5. The fraction of sp³-hybridized carbons (Fsp3) is 0.533. The molecule has 1 aromatic carbocycles. The molecular formula is C15H23ClN4O4S. The topological polar surface area (TPSA) is 109 Å². The molecule has 1 saturated heterocycles. The van der Waals surface area contributed by atoms with Crippen LogP contribution in [-0.4, -0.2) is 32.9 Å². The number of hydrazine groups is 1. The number of hydrogen-bond acceptors (Lipinski definition) is 7. The largest absolute Gasteiger partial charge is 0.466 e. The molecule has 0 saturated carbocycles. The first-order valence-electron chi connectivity index (χ1n) is 7.96. The van der Waals surface area contributed by atoms with Crippen LogP contribution in [0.3, 0.4) is 0 Å². The van der Waals surface area contributed by atoms with E-state index in [0.717, 1.165) is 18.7 Å². The molecule has 140 valence electrons. The van der Waals surface area contributed by atoms with Crippen molar-refractivity contribution in [1.82, 2.24) is 20.9 Å². The molecule has 3 rings (SSSR count). The Hall–Kier alpha value is -1.23. The third kappa shape index (κ3) is 4.49. The molecule has 2 heterocycles. The van der Waals surface area contributed by atoms with Crippen LogP contribution in [0.5, 0.6) is 0 Å². The molecule has 10 heteroatoms. The van der Waals surface area contributed by atoms with Crippen molar-refractivity contribution in [3.05, 3.63) is 34.9 Å². The predicted molar refractivity (Wildman–Crippen MR) is 95.0 cm³/mol. The molecule has 0 radical (unpaired) electrons. The molecule has 8 nitrogen and oxygen atoms in total. The monoisotopic (exact) mass is 390 g/mol. The molecular weight excluding hydrogens is 368 g/mol. The Morgan fingerprint density at radius 2 is 2.08 bits per heavy atom. The lowest BCUT2D eigenvalue weighted by molar-refractivity contribution is -0.147. The van der Waals surface area contributed by atoms with Crippen molar-refractivity contribution in [2.75, 3.05) is 13.2 Å². The molecule has 2 aliphatic heterocycles. The third-order valence-corrected chi connectivity index (χ3v) is 5.90. The average Bonchev–Trinajstić information content (AvgIpc) is 3.22. The van der Waals surface area contributed by atoms with Crippen molar-refractivity contribution >= 4 is 28.4 Å². The molecule has 0 amide bonds. The van der Waals surface area contributed by atoms with Crippen LogP contribution in [0.4, 0.5) is 0 Å². The number of carbonyl (C=O) groups is 1. The highest BCUT2D eigenvalue weighted by Gasteiger charge is 2.42. The summed E-state index contributed by atoms with van der Waals surface area (Å²) in [6, 6.07) is 5.92. The van der Waals surface area contributed by atoms with Gasteiger partial charge in [-0.25, -0.2) is 18.6 Å². The third-order valence-electron chi connectivity index (χ3n) is 4.23. The number of rotatable bonds is 6. The first-order chi connectivity index (χ1) is 11.5. The molecule has 0 aromatic heterocycles. The van der Waals surface area contributed by atoms with E-state index in [1.165, 1.54) is 11.1 Å². The van der Waals surface area contributed by atoms with Crippen molar-refractivity contribution in [2.45, 2.75) is 31.9 Å². The van der Waals surface area contributed by atoms with Gasteiger partial charge in [0.25, 0.3) is 0 Å². The Labute approximate surface area is 153 Å². The summed E-state index contributed by atoms with van der Waals surface area (Å²) in [5, 5.41) is 2.21. The molecule has 1 fully saturated rings. The fourth-order valence-electron chi connectivity index (χ4n) is 2.96. The van der Waals surface area contributed by atoms with Gasteiger partial charge < -0.3 is 10.1 Å². The normalized spacial score (nSPS) is 22.3. The predicted octanol–water partition coefficient (Wildman–Crippen LogP) is -0.256. The molecule has 1 aromatic rings. The summed E-state index contributed by atoms with van der Waals surface area (Å²) < 4.78 is 32.6. The Morgan fingerprint density at radius 1 is 1.32 bits per heavy atom. The van der Waals surface area contributed by atoms with E-state index in [4.69, 9.17) is 4.74 Å². The highest BCUT2D eigenvalue weighted by atomic mass is 35.5. The highest BCUT2D eigenvalue weighted by Crippen LogP contribution is 2.18. The SMILES string of the molecule is CCOC(=O)C1CNNC1S(=O)(=O)NCc1ccc2c(c1)CNC2.Cl. The van der Waals surface area contributed by atoms with Crippen LogP contribution >= 0.6 is 12.4 Å². The van der Waals surface area contributed by atoms with Crippen LogP contribution in [0, 0.1) is 5.92 Å². The minimum absolute atomic E-state index is 0. The zero-order chi connectivity index (χ0) is 17.2. The quantitative estimate of drug-likeness (QED) is 0.496. The standard InChI is InChI=1S/C15H22N4O4S.ClH/c1-2-23-15(20)13-9-17-19-14(13)24(21,22)18-6-10-3-4-11-7-16-8-12(11)5-10;/h3-5,13-14,16-19H,2,6-9H2,1H3;1H. The van der Waals surface area contributed by atoms with E-state index in [1.54, 1.807) is 6.92 Å². The van der Waals surface area contributed by atoms with Crippen molar-refractivity contribution in [3.8, 4) is 0 Å². The molecule has 4 N–H and O–H groups in total. The average molecular weight is 391 g/mol. The highest BCUT2D eigenvalue weighted by molar-refractivity contribution is 7.90. The van der Waals surface area contributed by atoms with E-state index in [2.05, 4.69) is 20.9 Å². The second-order valence-corrected chi connectivity index (χ2v) is 7.76. The summed E-state index contributed by atoms with van der Waals surface area (Å²) in [5.41, 5.74) is 8.70. The Balaban J connectivity index is 0.00000225. The number of esters is 1. The van der Waals surface area contributed by atoms with Gasteiger partial charge in [0.05, 0.1) is 6.61 Å². The molecule has 0 aliphatic carbocycles. The lowest BCUT2D eigenvalue weighted by atomic mass is 10.1. The van der Waals surface area contributed by atoms with Gasteiger partial charge in [-0.3, -0.25) is 10.2 Å². The van der Waals surface area contributed by atoms with Gasteiger partial charge in [-0.1, -0.05) is 18.2 Å². The van der Waals surface area contributed by atoms with Gasteiger partial charge in [-0.15, -0.1) is 12.4 Å². The molecule has 0 spiro atoms. The van der Waals surface area contributed by atoms with E-state index in [0.29, 0.717) is 0 Å². The Bertz CT molecular complexity index is 728. The molecule has 25 heavy (non-hydrogen) atoms. The Morgan fingerprint density at radius 3 is 2.84 bits per heavy atom. The van der Waals surface area contributed by atoms with Crippen LogP contribution in [0.2, 0.25) is 0 Å². The summed E-state index contributed by atoms with van der Waals surface area (Å²) in [6.45, 7) is 3.96. The van der Waals surface area contributed by atoms with Crippen molar-refractivity contribution in [3.63, 3.8) is 0 Å². The van der Waals surface area contributed by atoms with E-state index in [9.17, 15) is 13.2 Å². The van der Waals surface area contributed by atoms with Crippen LogP contribution in [0.15, 0.2) is 18.2 Å². The van der Waals surface area contributed by atoms with Crippen molar-refractivity contribution < 1.29 is 17.9 Å². The van der Waals surface area contributed by atoms with Crippen molar-refractivity contribution in [2.24, 2.45) is 5.92 Å². The van der Waals surface area contributed by atoms with Crippen LogP contribution < -0.4 is 20.9 Å². The number of carbonyl (C=O) groups excluding carboxylic acids is 1. The summed E-state index contributed by atoms with van der Waals surface area (Å²) in [4.78, 5) is 11.9. The van der Waals surface area contributed by atoms with E-state index >= 15 is 0 Å². The van der Waals surface area contributed by atoms with Gasteiger partial charge >= 0.3 is 5.97 Å². The van der Waals surface area contributed by atoms with Gasteiger partial charge in [0.2, 0.25) is 10.0 Å². The maximum atomic E-state index is 12.5. The maximum Gasteiger partial charge on any atom is 0.313 e. The number of sulfonamides is 1. The summed E-state index contributed by atoms with van der Waals surface area (Å²) >= 11 is 0. The number of fused-ring (bicyclic) bond motifs is 1. The molecule has 2 unspecified atom stereocenters. The van der Waals surface area contributed by atoms with Crippen LogP contribution in [0.1, 0.15) is 23.6 Å². The van der Waals surface area contributed by atoms with Gasteiger partial charge in [-0.05, 0) is 23.6 Å². The summed E-state index contributed by atoms with van der Waals surface area (Å²) in [6.07, 6.45) is 0. The van der Waals surface area contributed by atoms with Crippen molar-refractivity contribution in [1.29, 1.82) is 0 Å². The number of halogens is 1. The lowest BCUT2D eigenvalue weighted by Gasteiger charge is -2.18. The smallest absolute Gasteiger partial charge is 0.313 e. The summed E-state index contributed by atoms with van der Waals surface area (Å²) in [5.74, 6) is -1.29. The summed E-state index contributed by atoms with van der Waals surface area (Å²) in [7, 11) is -3.72. The van der Waals surface area contributed by atoms with E-state index in [1.807, 2.05) is 18.2 Å². The number of ether oxygens (including phenoxy) is 1. The molecule has 2 aliphatic rings. The second-order valence-electron chi connectivity index (χ2n) is 5.88. The number of nitrogens with one attached hydrogen (secondary N) is 4. The first-order valence-corrected chi connectivity index (χ1v) is 9.51. The minimum atomic E-state index is -3.72. The zero-order valence-electron chi connectivity index (χ0n) is 13.9. The zero-order valence-corrected chi connectivity index (χ0v) is 15.5. The van der Waals surface area contributed by atoms with Gasteiger partial charge in [0.1, 0.15) is 5.92 Å². The second kappa shape index (κ2) is 8.43.